The third kappa shape index (κ3) is 1.85. The van der Waals surface area contributed by atoms with Crippen molar-refractivity contribution in [1.82, 2.24) is 0 Å². The van der Waals surface area contributed by atoms with Crippen molar-refractivity contribution >= 4 is 16.3 Å². The van der Waals surface area contributed by atoms with Gasteiger partial charge in [0.05, 0.1) is 11.6 Å². The van der Waals surface area contributed by atoms with Gasteiger partial charge in [-0.2, -0.15) is 5.26 Å². The van der Waals surface area contributed by atoms with Gasteiger partial charge >= 0.3 is 0 Å². The van der Waals surface area contributed by atoms with Crippen molar-refractivity contribution in [2.24, 2.45) is 5.92 Å². The molecule has 1 aliphatic rings. The molecular formula is C19H17N. The van der Waals surface area contributed by atoms with E-state index in [1.807, 2.05) is 18.2 Å². The number of fused-ring (bicyclic) bond motifs is 1. The lowest BCUT2D eigenvalue weighted by Crippen LogP contribution is -1.97. The average molecular weight is 259 g/mol. The standard InChI is InChI=1S/C19H17N/c1-12-8-13(2)19(14(12)3)18-10-16-7-5-4-6-15(16)9-17(18)11-20/h4-10,13H,1-3H3. The summed E-state index contributed by atoms with van der Waals surface area (Å²) in [5.74, 6) is 0.378. The summed E-state index contributed by atoms with van der Waals surface area (Å²) in [4.78, 5) is 0. The number of rotatable bonds is 1. The minimum absolute atomic E-state index is 0.378. The lowest BCUT2D eigenvalue weighted by Gasteiger charge is -2.14. The Kier molecular flexibility index (Phi) is 2.95. The summed E-state index contributed by atoms with van der Waals surface area (Å²) in [6, 6.07) is 14.8. The molecular weight excluding hydrogens is 242 g/mol. The highest BCUT2D eigenvalue weighted by Crippen LogP contribution is 2.39. The molecule has 2 aromatic rings. The van der Waals surface area contributed by atoms with Gasteiger partial charge in [-0.1, -0.05) is 42.8 Å². The first-order valence-corrected chi connectivity index (χ1v) is 6.94. The quantitative estimate of drug-likeness (QED) is 0.700. The summed E-state index contributed by atoms with van der Waals surface area (Å²) in [7, 11) is 0. The zero-order valence-electron chi connectivity index (χ0n) is 12.1. The highest BCUT2D eigenvalue weighted by atomic mass is 14.3. The van der Waals surface area contributed by atoms with Gasteiger partial charge in [0.2, 0.25) is 0 Å². The van der Waals surface area contributed by atoms with Crippen LogP contribution in [0.2, 0.25) is 0 Å². The summed E-state index contributed by atoms with van der Waals surface area (Å²) >= 11 is 0. The molecule has 1 heteroatoms. The number of hydrogen-bond acceptors (Lipinski definition) is 1. The molecule has 1 unspecified atom stereocenters. The van der Waals surface area contributed by atoms with Crippen LogP contribution in [0.4, 0.5) is 0 Å². The lowest BCUT2D eigenvalue weighted by atomic mass is 9.89. The second-order valence-corrected chi connectivity index (χ2v) is 5.53. The van der Waals surface area contributed by atoms with Crippen molar-refractivity contribution in [2.45, 2.75) is 20.8 Å². The lowest BCUT2D eigenvalue weighted by molar-refractivity contribution is 0.975. The van der Waals surface area contributed by atoms with Crippen LogP contribution in [0, 0.1) is 17.2 Å². The maximum atomic E-state index is 9.49. The predicted molar refractivity (Wildman–Crippen MR) is 84.2 cm³/mol. The number of allylic oxidation sites excluding steroid dienone is 4. The molecule has 2 aromatic carbocycles. The van der Waals surface area contributed by atoms with Crippen LogP contribution in [-0.4, -0.2) is 0 Å². The minimum Gasteiger partial charge on any atom is -0.192 e. The normalized spacial score (nSPS) is 18.3. The van der Waals surface area contributed by atoms with E-state index in [0.29, 0.717) is 5.92 Å². The van der Waals surface area contributed by atoms with Gasteiger partial charge in [-0.25, -0.2) is 0 Å². The average Bonchev–Trinajstić information content (AvgIpc) is 2.70. The molecule has 0 heterocycles. The summed E-state index contributed by atoms with van der Waals surface area (Å²) < 4.78 is 0. The van der Waals surface area contributed by atoms with Crippen molar-refractivity contribution in [3.8, 4) is 6.07 Å². The van der Waals surface area contributed by atoms with Crippen LogP contribution < -0.4 is 0 Å². The van der Waals surface area contributed by atoms with E-state index < -0.39 is 0 Å². The third-order valence-electron chi connectivity index (χ3n) is 4.25. The molecule has 0 amide bonds. The molecule has 20 heavy (non-hydrogen) atoms. The highest BCUT2D eigenvalue weighted by molar-refractivity contribution is 5.91. The fraction of sp³-hybridized carbons (Fsp3) is 0.211. The Bertz CT molecular complexity index is 800. The van der Waals surface area contributed by atoms with E-state index in [-0.39, 0.29) is 0 Å². The second kappa shape index (κ2) is 4.65. The topological polar surface area (TPSA) is 23.8 Å². The second-order valence-electron chi connectivity index (χ2n) is 5.53. The molecule has 1 nitrogen and oxygen atoms in total. The highest BCUT2D eigenvalue weighted by Gasteiger charge is 2.22. The van der Waals surface area contributed by atoms with Crippen molar-refractivity contribution in [1.29, 1.82) is 5.26 Å². The van der Waals surface area contributed by atoms with E-state index in [2.05, 4.69) is 51.1 Å². The smallest absolute Gasteiger partial charge is 0.0998 e. The molecule has 0 spiro atoms. The SMILES string of the molecule is CC1=CC(C)C(c2cc3ccccc3cc2C#N)=C1C. The molecule has 0 aliphatic heterocycles. The first-order chi connectivity index (χ1) is 9.61. The number of nitriles is 1. The molecule has 0 N–H and O–H groups in total. The first kappa shape index (κ1) is 12.7. The summed E-state index contributed by atoms with van der Waals surface area (Å²) in [5, 5.41) is 11.8. The fourth-order valence-electron chi connectivity index (χ4n) is 3.14. The summed E-state index contributed by atoms with van der Waals surface area (Å²) in [6.45, 7) is 6.50. The van der Waals surface area contributed by atoms with Crippen LogP contribution in [0.3, 0.4) is 0 Å². The van der Waals surface area contributed by atoms with Gasteiger partial charge in [0, 0.05) is 5.92 Å². The van der Waals surface area contributed by atoms with E-state index in [4.69, 9.17) is 0 Å². The Hall–Kier alpha value is -2.33. The van der Waals surface area contributed by atoms with Crippen LogP contribution in [0.1, 0.15) is 31.9 Å². The molecule has 0 fully saturated rings. The van der Waals surface area contributed by atoms with Crippen molar-refractivity contribution < 1.29 is 0 Å². The molecule has 3 rings (SSSR count). The maximum Gasteiger partial charge on any atom is 0.0998 e. The summed E-state index contributed by atoms with van der Waals surface area (Å²) in [5.41, 5.74) is 5.79. The largest absolute Gasteiger partial charge is 0.192 e. The number of nitrogens with zero attached hydrogens (tertiary/aromatic N) is 1. The third-order valence-corrected chi connectivity index (χ3v) is 4.25. The number of hydrogen-bond donors (Lipinski definition) is 0. The Balaban J connectivity index is 2.30. The van der Waals surface area contributed by atoms with Gasteiger partial charge in [-0.15, -0.1) is 0 Å². The van der Waals surface area contributed by atoms with Crippen LogP contribution in [-0.2, 0) is 0 Å². The molecule has 98 valence electrons. The molecule has 1 atom stereocenters. The van der Waals surface area contributed by atoms with E-state index >= 15 is 0 Å². The predicted octanol–water partition coefficient (Wildman–Crippen LogP) is 5.08. The van der Waals surface area contributed by atoms with Crippen LogP contribution in [0.25, 0.3) is 16.3 Å². The van der Waals surface area contributed by atoms with Gasteiger partial charge in [-0.05, 0) is 53.5 Å². The van der Waals surface area contributed by atoms with Crippen molar-refractivity contribution in [2.75, 3.05) is 0 Å². The van der Waals surface area contributed by atoms with Crippen LogP contribution in [0.15, 0.2) is 53.6 Å². The summed E-state index contributed by atoms with van der Waals surface area (Å²) in [6.07, 6.45) is 2.28. The van der Waals surface area contributed by atoms with E-state index in [9.17, 15) is 5.26 Å². The maximum absolute atomic E-state index is 9.49. The Morgan fingerprint density at radius 1 is 1.05 bits per heavy atom. The zero-order valence-corrected chi connectivity index (χ0v) is 12.1. The van der Waals surface area contributed by atoms with Gasteiger partial charge in [-0.3, -0.25) is 0 Å². The van der Waals surface area contributed by atoms with Crippen LogP contribution in [0.5, 0.6) is 0 Å². The van der Waals surface area contributed by atoms with Gasteiger partial charge in [0.25, 0.3) is 0 Å². The number of benzene rings is 2. The molecule has 0 bridgehead atoms. The fourth-order valence-corrected chi connectivity index (χ4v) is 3.14. The zero-order chi connectivity index (χ0) is 14.3. The van der Waals surface area contributed by atoms with E-state index in [1.165, 1.54) is 22.1 Å². The molecule has 0 saturated heterocycles. The van der Waals surface area contributed by atoms with Gasteiger partial charge in [0.1, 0.15) is 0 Å². The van der Waals surface area contributed by atoms with E-state index in [0.717, 1.165) is 16.5 Å². The monoisotopic (exact) mass is 259 g/mol. The molecule has 0 radical (unpaired) electrons. The minimum atomic E-state index is 0.378. The molecule has 1 aliphatic carbocycles. The molecule has 0 aromatic heterocycles. The Morgan fingerprint density at radius 3 is 2.25 bits per heavy atom. The first-order valence-electron chi connectivity index (χ1n) is 6.94. The Morgan fingerprint density at radius 2 is 1.70 bits per heavy atom. The Labute approximate surface area is 119 Å². The van der Waals surface area contributed by atoms with E-state index in [1.54, 1.807) is 0 Å². The van der Waals surface area contributed by atoms with Crippen molar-refractivity contribution in [3.05, 3.63) is 64.7 Å². The van der Waals surface area contributed by atoms with Crippen LogP contribution >= 0.6 is 0 Å². The van der Waals surface area contributed by atoms with Gasteiger partial charge in [0.15, 0.2) is 0 Å². The van der Waals surface area contributed by atoms with Crippen molar-refractivity contribution in [3.63, 3.8) is 0 Å². The molecule has 0 saturated carbocycles. The van der Waals surface area contributed by atoms with Gasteiger partial charge < -0.3 is 0 Å².